The van der Waals surface area contributed by atoms with Gasteiger partial charge in [0.2, 0.25) is 5.91 Å². The molecule has 1 saturated heterocycles. The molecule has 3 rings (SSSR count). The number of β-lactam (4-membered cyclic amide) rings is 1. The third-order valence-electron chi connectivity index (χ3n) is 5.90. The van der Waals surface area contributed by atoms with Crippen molar-refractivity contribution in [2.75, 3.05) is 20.3 Å². The minimum Gasteiger partial charge on any atom is -0.497 e. The van der Waals surface area contributed by atoms with E-state index in [-0.39, 0.29) is 35.7 Å². The molecule has 5 heteroatoms. The van der Waals surface area contributed by atoms with Crippen LogP contribution in [0.15, 0.2) is 36.4 Å². The van der Waals surface area contributed by atoms with E-state index in [1.807, 2.05) is 30.0 Å². The van der Waals surface area contributed by atoms with E-state index in [0.29, 0.717) is 19.4 Å². The highest BCUT2D eigenvalue weighted by Gasteiger charge is 2.51. The van der Waals surface area contributed by atoms with Gasteiger partial charge in [0, 0.05) is 6.54 Å². The maximum Gasteiger partial charge on any atom is 0.309 e. The van der Waals surface area contributed by atoms with Gasteiger partial charge in [-0.3, -0.25) is 9.59 Å². The second kappa shape index (κ2) is 9.26. The van der Waals surface area contributed by atoms with Crippen molar-refractivity contribution in [3.05, 3.63) is 42.0 Å². The Morgan fingerprint density at radius 1 is 1.21 bits per heavy atom. The number of rotatable bonds is 8. The molecule has 1 fully saturated rings. The van der Waals surface area contributed by atoms with E-state index in [4.69, 9.17) is 9.47 Å². The smallest absolute Gasteiger partial charge is 0.309 e. The van der Waals surface area contributed by atoms with Gasteiger partial charge in [-0.25, -0.2) is 0 Å². The van der Waals surface area contributed by atoms with Crippen LogP contribution >= 0.6 is 0 Å². The maximum absolute atomic E-state index is 13.0. The van der Waals surface area contributed by atoms with E-state index in [1.54, 1.807) is 7.11 Å². The molecule has 0 radical (unpaired) electrons. The Morgan fingerprint density at radius 2 is 1.96 bits per heavy atom. The number of hydrogen-bond acceptors (Lipinski definition) is 4. The van der Waals surface area contributed by atoms with Gasteiger partial charge >= 0.3 is 5.97 Å². The average molecular weight is 386 g/mol. The predicted molar refractivity (Wildman–Crippen MR) is 108 cm³/mol. The van der Waals surface area contributed by atoms with Gasteiger partial charge in [0.1, 0.15) is 5.75 Å². The number of nitrogens with zero attached hydrogens (tertiary/aromatic N) is 1. The van der Waals surface area contributed by atoms with Crippen LogP contribution in [-0.4, -0.2) is 37.0 Å². The Hall–Kier alpha value is -2.30. The number of carbonyl (C=O) groups excluding carboxylic acids is 2. The van der Waals surface area contributed by atoms with Gasteiger partial charge in [-0.1, -0.05) is 37.6 Å². The molecule has 0 saturated carbocycles. The van der Waals surface area contributed by atoms with Crippen molar-refractivity contribution in [3.63, 3.8) is 0 Å². The van der Waals surface area contributed by atoms with E-state index in [1.165, 1.54) is 0 Å². The second-order valence-corrected chi connectivity index (χ2v) is 7.64. The van der Waals surface area contributed by atoms with Gasteiger partial charge in [-0.2, -0.15) is 0 Å². The Labute approximate surface area is 167 Å². The number of benzene rings is 1. The van der Waals surface area contributed by atoms with E-state index >= 15 is 0 Å². The molecule has 0 unspecified atom stereocenters. The minimum atomic E-state index is -0.149. The van der Waals surface area contributed by atoms with Gasteiger partial charge in [-0.15, -0.1) is 0 Å². The van der Waals surface area contributed by atoms with Gasteiger partial charge in [0.05, 0.1) is 31.6 Å². The van der Waals surface area contributed by atoms with Crippen LogP contribution < -0.4 is 4.74 Å². The Balaban J connectivity index is 1.81. The van der Waals surface area contributed by atoms with Gasteiger partial charge in [-0.05, 0) is 49.8 Å². The number of unbranched alkanes of at least 4 members (excludes halogenated alkanes) is 1. The number of hydrogen-bond donors (Lipinski definition) is 0. The summed E-state index contributed by atoms with van der Waals surface area (Å²) in [6, 6.07) is 8.06. The van der Waals surface area contributed by atoms with Crippen molar-refractivity contribution in [2.24, 2.45) is 17.8 Å². The highest BCUT2D eigenvalue weighted by Crippen LogP contribution is 2.48. The predicted octanol–water partition coefficient (Wildman–Crippen LogP) is 4.14. The molecule has 5 nitrogen and oxygen atoms in total. The van der Waals surface area contributed by atoms with Crippen LogP contribution in [0.1, 0.15) is 51.1 Å². The first-order valence-corrected chi connectivity index (χ1v) is 10.4. The normalized spacial score (nSPS) is 26.7. The summed E-state index contributed by atoms with van der Waals surface area (Å²) in [6.07, 6.45) is 7.60. The van der Waals surface area contributed by atoms with Crippen molar-refractivity contribution < 1.29 is 19.1 Å². The molecule has 0 N–H and O–H groups in total. The van der Waals surface area contributed by atoms with Gasteiger partial charge in [0.15, 0.2) is 0 Å². The van der Waals surface area contributed by atoms with Crippen molar-refractivity contribution in [3.8, 4) is 5.75 Å². The molecule has 1 aromatic rings. The summed E-state index contributed by atoms with van der Waals surface area (Å²) in [5.41, 5.74) is 1.13. The molecule has 1 aromatic carbocycles. The van der Waals surface area contributed by atoms with Crippen molar-refractivity contribution in [2.45, 2.75) is 45.6 Å². The maximum atomic E-state index is 13.0. The van der Waals surface area contributed by atoms with Crippen molar-refractivity contribution >= 4 is 11.9 Å². The molecule has 1 heterocycles. The fraction of sp³-hybridized carbons (Fsp3) is 0.565. The number of esters is 1. The standard InChI is InChI=1S/C23H31NO4/c1-4-6-14-24-21(16-10-12-19(27-3)13-11-16)20(22(24)25)17-8-7-9-18(15-17)23(26)28-5-2/h7-8,10-13,17-18,20-21H,4-6,9,14-15H2,1-3H3/t17-,18-,20+,21-/m1/s1. The van der Waals surface area contributed by atoms with Crippen LogP contribution in [0.3, 0.4) is 0 Å². The lowest BCUT2D eigenvalue weighted by Crippen LogP contribution is -2.57. The zero-order valence-corrected chi connectivity index (χ0v) is 17.1. The molecule has 28 heavy (non-hydrogen) atoms. The minimum absolute atomic E-state index is 0.0561. The quantitative estimate of drug-likeness (QED) is 0.383. The highest BCUT2D eigenvalue weighted by molar-refractivity contribution is 5.87. The van der Waals surface area contributed by atoms with E-state index in [0.717, 1.165) is 30.7 Å². The molecule has 1 aliphatic carbocycles. The first-order chi connectivity index (χ1) is 13.6. The average Bonchev–Trinajstić information content (AvgIpc) is 2.72. The summed E-state index contributed by atoms with van der Waals surface area (Å²) >= 11 is 0. The summed E-state index contributed by atoms with van der Waals surface area (Å²) < 4.78 is 10.5. The van der Waals surface area contributed by atoms with Crippen LogP contribution in [-0.2, 0) is 14.3 Å². The third-order valence-corrected chi connectivity index (χ3v) is 5.90. The Kier molecular flexibility index (Phi) is 6.76. The van der Waals surface area contributed by atoms with Gasteiger partial charge < -0.3 is 14.4 Å². The molecule has 1 amide bonds. The summed E-state index contributed by atoms with van der Waals surface area (Å²) in [5.74, 6) is 0.676. The molecule has 2 aliphatic rings. The largest absolute Gasteiger partial charge is 0.497 e. The van der Waals surface area contributed by atoms with Crippen LogP contribution in [0, 0.1) is 17.8 Å². The zero-order valence-electron chi connectivity index (χ0n) is 17.1. The van der Waals surface area contributed by atoms with Crippen LogP contribution in [0.25, 0.3) is 0 Å². The van der Waals surface area contributed by atoms with E-state index in [2.05, 4.69) is 25.1 Å². The Morgan fingerprint density at radius 3 is 2.61 bits per heavy atom. The van der Waals surface area contributed by atoms with Crippen LogP contribution in [0.2, 0.25) is 0 Å². The molecule has 4 atom stereocenters. The lowest BCUT2D eigenvalue weighted by atomic mass is 9.69. The summed E-state index contributed by atoms with van der Waals surface area (Å²) in [4.78, 5) is 27.2. The molecular formula is C23H31NO4. The lowest BCUT2D eigenvalue weighted by Gasteiger charge is -2.51. The molecule has 0 aromatic heterocycles. The van der Waals surface area contributed by atoms with Crippen molar-refractivity contribution in [1.29, 1.82) is 0 Å². The van der Waals surface area contributed by atoms with Gasteiger partial charge in [0.25, 0.3) is 0 Å². The number of allylic oxidation sites excluding steroid dienone is 2. The first-order valence-electron chi connectivity index (χ1n) is 10.4. The van der Waals surface area contributed by atoms with Crippen LogP contribution in [0.5, 0.6) is 5.75 Å². The monoisotopic (exact) mass is 385 g/mol. The zero-order chi connectivity index (χ0) is 20.1. The van der Waals surface area contributed by atoms with E-state index in [9.17, 15) is 9.59 Å². The number of ether oxygens (including phenoxy) is 2. The second-order valence-electron chi connectivity index (χ2n) is 7.64. The third kappa shape index (κ3) is 4.08. The number of likely N-dealkylation sites (tertiary alicyclic amines) is 1. The highest BCUT2D eigenvalue weighted by atomic mass is 16.5. The van der Waals surface area contributed by atoms with E-state index < -0.39 is 0 Å². The Bertz CT molecular complexity index is 712. The first kappa shape index (κ1) is 20.4. The fourth-order valence-electron chi connectivity index (χ4n) is 4.40. The fourth-order valence-corrected chi connectivity index (χ4v) is 4.40. The molecular weight excluding hydrogens is 354 g/mol. The lowest BCUT2D eigenvalue weighted by molar-refractivity contribution is -0.162. The SMILES string of the molecule is CCCCN1C(=O)[C@@H]([C@@H]2C=CC[C@@H](C(=O)OCC)C2)[C@H]1c1ccc(OC)cc1. The molecule has 0 spiro atoms. The number of carbonyl (C=O) groups is 2. The topological polar surface area (TPSA) is 55.8 Å². The number of amides is 1. The molecule has 152 valence electrons. The summed E-state index contributed by atoms with van der Waals surface area (Å²) in [7, 11) is 1.65. The van der Waals surface area contributed by atoms with Crippen LogP contribution in [0.4, 0.5) is 0 Å². The number of methoxy groups -OCH3 is 1. The summed E-state index contributed by atoms with van der Waals surface area (Å²) in [6.45, 7) is 5.14. The summed E-state index contributed by atoms with van der Waals surface area (Å²) in [5, 5.41) is 0. The molecule has 1 aliphatic heterocycles. The van der Waals surface area contributed by atoms with Crippen molar-refractivity contribution in [1.82, 2.24) is 4.90 Å². The molecule has 0 bridgehead atoms.